The lowest BCUT2D eigenvalue weighted by Crippen LogP contribution is -2.41. The molecule has 0 amide bonds. The van der Waals surface area contributed by atoms with Gasteiger partial charge in [0, 0.05) is 18.0 Å². The fraction of sp³-hybridized carbons (Fsp3) is 0.583. The van der Waals surface area contributed by atoms with E-state index in [4.69, 9.17) is 5.73 Å². The Kier molecular flexibility index (Phi) is 3.58. The Morgan fingerprint density at radius 2 is 2.40 bits per heavy atom. The van der Waals surface area contributed by atoms with Gasteiger partial charge in [-0.1, -0.05) is 11.3 Å². The van der Waals surface area contributed by atoms with Gasteiger partial charge in [0.25, 0.3) is 4.96 Å². The number of nitrogens with zero attached hydrogens (tertiary/aromatic N) is 4. The Hall–Kier alpha value is -1.67. The van der Waals surface area contributed by atoms with Crippen LogP contribution in [0.2, 0.25) is 0 Å². The first-order valence-electron chi connectivity index (χ1n) is 6.79. The molecule has 7 nitrogen and oxygen atoms in total. The molecule has 0 aliphatic carbocycles. The third-order valence-corrected chi connectivity index (χ3v) is 4.55. The summed E-state index contributed by atoms with van der Waals surface area (Å²) in [6.07, 6.45) is 5.78. The molecule has 108 valence electrons. The molecule has 1 atom stereocenters. The Morgan fingerprint density at radius 3 is 3.15 bits per heavy atom. The molecule has 1 fully saturated rings. The average Bonchev–Trinajstić information content (AvgIpc) is 2.99. The third-order valence-electron chi connectivity index (χ3n) is 3.79. The minimum Gasteiger partial charge on any atom is -0.358 e. The Bertz CT molecular complexity index is 620. The lowest BCUT2D eigenvalue weighted by atomic mass is 9.99. The minimum absolute atomic E-state index is 0.0742. The van der Waals surface area contributed by atoms with E-state index in [-0.39, 0.29) is 16.8 Å². The van der Waals surface area contributed by atoms with Gasteiger partial charge in [-0.3, -0.25) is 0 Å². The molecule has 2 aromatic rings. The van der Waals surface area contributed by atoms with Crippen LogP contribution in [0.4, 0.5) is 11.6 Å². The first-order chi connectivity index (χ1) is 9.72. The topological polar surface area (TPSA) is 89.7 Å². The highest BCUT2D eigenvalue weighted by Crippen LogP contribution is 2.35. The molecule has 3 heterocycles. The fourth-order valence-electron chi connectivity index (χ4n) is 2.90. The summed E-state index contributed by atoms with van der Waals surface area (Å²) in [5, 5.41) is 13.2. The summed E-state index contributed by atoms with van der Waals surface area (Å²) in [6, 6.07) is 0.261. The minimum atomic E-state index is -0.337. The van der Waals surface area contributed by atoms with E-state index in [0.29, 0.717) is 17.3 Å². The average molecular weight is 295 g/mol. The van der Waals surface area contributed by atoms with Crippen LogP contribution in [-0.4, -0.2) is 33.4 Å². The summed E-state index contributed by atoms with van der Waals surface area (Å²) in [6.45, 7) is 1.41. The standard InChI is InChI=1S/C12H17N5O2S/c13-5-4-9-3-1-2-6-15(9)10-11(17(18)19)16-7-8-20-12(16)14-10/h7-9H,1-6,13H2. The number of fused-ring (bicyclic) bond motifs is 1. The van der Waals surface area contributed by atoms with Gasteiger partial charge in [-0.25, -0.2) is 0 Å². The van der Waals surface area contributed by atoms with Crippen molar-refractivity contribution in [2.75, 3.05) is 18.0 Å². The lowest BCUT2D eigenvalue weighted by Gasteiger charge is -2.35. The van der Waals surface area contributed by atoms with Gasteiger partial charge in [0.05, 0.1) is 0 Å². The number of rotatable bonds is 4. The zero-order valence-electron chi connectivity index (χ0n) is 11.1. The number of hydrogen-bond donors (Lipinski definition) is 1. The van der Waals surface area contributed by atoms with Crippen molar-refractivity contribution in [2.24, 2.45) is 5.73 Å². The van der Waals surface area contributed by atoms with Gasteiger partial charge in [-0.2, -0.15) is 9.38 Å². The maximum absolute atomic E-state index is 11.4. The molecule has 0 aromatic carbocycles. The van der Waals surface area contributed by atoms with Crippen molar-refractivity contribution in [3.05, 3.63) is 21.7 Å². The highest BCUT2D eigenvalue weighted by molar-refractivity contribution is 7.15. The van der Waals surface area contributed by atoms with E-state index in [1.807, 2.05) is 5.38 Å². The number of thiazole rings is 1. The Balaban J connectivity index is 2.05. The van der Waals surface area contributed by atoms with E-state index >= 15 is 0 Å². The maximum Gasteiger partial charge on any atom is 0.373 e. The highest BCUT2D eigenvalue weighted by Gasteiger charge is 2.32. The summed E-state index contributed by atoms with van der Waals surface area (Å²) in [7, 11) is 0. The predicted molar refractivity (Wildman–Crippen MR) is 78.4 cm³/mol. The Morgan fingerprint density at radius 1 is 1.55 bits per heavy atom. The van der Waals surface area contributed by atoms with Gasteiger partial charge >= 0.3 is 5.82 Å². The second-order valence-electron chi connectivity index (χ2n) is 4.99. The molecular formula is C12H17N5O2S. The molecule has 20 heavy (non-hydrogen) atoms. The molecule has 1 aliphatic rings. The number of nitro groups is 1. The fourth-order valence-corrected chi connectivity index (χ4v) is 3.60. The Labute approximate surface area is 120 Å². The molecular weight excluding hydrogens is 278 g/mol. The first-order valence-corrected chi connectivity index (χ1v) is 7.67. The maximum atomic E-state index is 11.4. The van der Waals surface area contributed by atoms with Gasteiger partial charge in [0.2, 0.25) is 5.82 Å². The molecule has 2 aromatic heterocycles. The summed E-state index contributed by atoms with van der Waals surface area (Å²) >= 11 is 1.41. The zero-order chi connectivity index (χ0) is 14.1. The number of imidazole rings is 1. The molecule has 3 rings (SSSR count). The van der Waals surface area contributed by atoms with Crippen LogP contribution in [0, 0.1) is 10.1 Å². The van der Waals surface area contributed by atoms with Crippen LogP contribution in [0.3, 0.4) is 0 Å². The van der Waals surface area contributed by atoms with Crippen molar-refractivity contribution in [3.8, 4) is 0 Å². The summed E-state index contributed by atoms with van der Waals surface area (Å²) < 4.78 is 1.56. The summed E-state index contributed by atoms with van der Waals surface area (Å²) in [4.78, 5) is 18.3. The van der Waals surface area contributed by atoms with Crippen molar-refractivity contribution >= 4 is 27.9 Å². The molecule has 1 saturated heterocycles. The van der Waals surface area contributed by atoms with E-state index in [1.165, 1.54) is 11.3 Å². The summed E-state index contributed by atoms with van der Waals surface area (Å²) in [5.74, 6) is 0.574. The van der Waals surface area contributed by atoms with Crippen LogP contribution in [0.5, 0.6) is 0 Å². The molecule has 0 radical (unpaired) electrons. The van der Waals surface area contributed by atoms with Crippen molar-refractivity contribution < 1.29 is 4.92 Å². The van der Waals surface area contributed by atoms with Crippen LogP contribution >= 0.6 is 11.3 Å². The monoisotopic (exact) mass is 295 g/mol. The largest absolute Gasteiger partial charge is 0.373 e. The number of piperidine rings is 1. The quantitative estimate of drug-likeness (QED) is 0.688. The second-order valence-corrected chi connectivity index (χ2v) is 5.87. The van der Waals surface area contributed by atoms with Gasteiger partial charge in [-0.15, -0.1) is 0 Å². The van der Waals surface area contributed by atoms with Gasteiger partial charge < -0.3 is 20.7 Å². The van der Waals surface area contributed by atoms with Crippen LogP contribution in [0.15, 0.2) is 11.6 Å². The number of aromatic nitrogens is 2. The second kappa shape index (κ2) is 5.37. The zero-order valence-corrected chi connectivity index (χ0v) is 11.9. The van der Waals surface area contributed by atoms with E-state index in [2.05, 4.69) is 9.88 Å². The molecule has 0 bridgehead atoms. The van der Waals surface area contributed by atoms with Gasteiger partial charge in [-0.05, 0) is 37.2 Å². The van der Waals surface area contributed by atoms with Crippen LogP contribution < -0.4 is 10.6 Å². The van der Waals surface area contributed by atoms with E-state index in [9.17, 15) is 10.1 Å². The number of anilines is 1. The summed E-state index contributed by atoms with van der Waals surface area (Å²) in [5.41, 5.74) is 5.67. The van der Waals surface area contributed by atoms with Gasteiger partial charge in [0.1, 0.15) is 6.20 Å². The van der Waals surface area contributed by atoms with Crippen molar-refractivity contribution in [2.45, 2.75) is 31.7 Å². The smallest absolute Gasteiger partial charge is 0.358 e. The van der Waals surface area contributed by atoms with E-state index in [1.54, 1.807) is 10.6 Å². The van der Waals surface area contributed by atoms with Crippen molar-refractivity contribution in [3.63, 3.8) is 0 Å². The van der Waals surface area contributed by atoms with Crippen molar-refractivity contribution in [1.82, 2.24) is 9.38 Å². The first kappa shape index (κ1) is 13.3. The number of hydrogen-bond acceptors (Lipinski definition) is 6. The van der Waals surface area contributed by atoms with E-state index < -0.39 is 0 Å². The van der Waals surface area contributed by atoms with Crippen LogP contribution in [-0.2, 0) is 0 Å². The highest BCUT2D eigenvalue weighted by atomic mass is 32.1. The molecule has 0 saturated carbocycles. The van der Waals surface area contributed by atoms with Crippen molar-refractivity contribution in [1.29, 1.82) is 0 Å². The third kappa shape index (κ3) is 2.14. The molecule has 1 unspecified atom stereocenters. The molecule has 8 heteroatoms. The molecule has 1 aliphatic heterocycles. The number of nitrogens with two attached hydrogens (primary N) is 1. The van der Waals surface area contributed by atoms with Crippen LogP contribution in [0.1, 0.15) is 25.7 Å². The molecule has 0 spiro atoms. The predicted octanol–water partition coefficient (Wildman–Crippen LogP) is 2.01. The lowest BCUT2D eigenvalue weighted by molar-refractivity contribution is -0.389. The molecule has 2 N–H and O–H groups in total. The normalized spacial score (nSPS) is 19.6. The van der Waals surface area contributed by atoms with Gasteiger partial charge in [0.15, 0.2) is 0 Å². The SMILES string of the molecule is NCCC1CCCCN1c1nc2sccn2c1[N+](=O)[O-]. The van der Waals surface area contributed by atoms with E-state index in [0.717, 1.165) is 32.2 Å². The van der Waals surface area contributed by atoms with Crippen LogP contribution in [0.25, 0.3) is 4.96 Å².